The van der Waals surface area contributed by atoms with Gasteiger partial charge in [0.2, 0.25) is 5.91 Å². The number of hydrogen-bond donors (Lipinski definition) is 0. The number of hydrogen-bond acceptors (Lipinski definition) is 8. The van der Waals surface area contributed by atoms with E-state index in [4.69, 9.17) is 14.2 Å². The Bertz CT molecular complexity index is 1010. The molecule has 11 heteroatoms. The van der Waals surface area contributed by atoms with Gasteiger partial charge in [-0.25, -0.2) is 4.79 Å². The van der Waals surface area contributed by atoms with Gasteiger partial charge < -0.3 is 19.1 Å². The van der Waals surface area contributed by atoms with Crippen LogP contribution in [0.4, 0.5) is 4.79 Å². The number of rotatable bonds is 8. The van der Waals surface area contributed by atoms with Crippen LogP contribution in [-0.2, 0) is 19.1 Å². The van der Waals surface area contributed by atoms with E-state index >= 15 is 0 Å². The maximum Gasteiger partial charge on any atom is 0.344 e. The van der Waals surface area contributed by atoms with Crippen molar-refractivity contribution in [2.24, 2.45) is 5.92 Å². The molecule has 1 aromatic rings. The lowest BCUT2D eigenvalue weighted by atomic mass is 9.99. The first-order valence-corrected chi connectivity index (χ1v) is 12.5. The first kappa shape index (κ1) is 26.1. The molecule has 1 aromatic carbocycles. The summed E-state index contributed by atoms with van der Waals surface area (Å²) in [5.74, 6) is -0.0272. The van der Waals surface area contributed by atoms with Crippen molar-refractivity contribution >= 4 is 56.8 Å². The van der Waals surface area contributed by atoms with Crippen LogP contribution in [0.5, 0.6) is 11.5 Å². The van der Waals surface area contributed by atoms with E-state index in [1.807, 2.05) is 0 Å². The summed E-state index contributed by atoms with van der Waals surface area (Å²) in [6.45, 7) is 4.84. The number of esters is 1. The minimum atomic E-state index is -0.511. The lowest BCUT2D eigenvalue weighted by molar-refractivity contribution is -0.145. The molecule has 2 aliphatic heterocycles. The number of amides is 3. The van der Waals surface area contributed by atoms with E-state index in [2.05, 4.69) is 22.9 Å². The summed E-state index contributed by atoms with van der Waals surface area (Å²) in [5.41, 5.74) is 0.578. The monoisotopic (exact) mass is 554 g/mol. The fourth-order valence-corrected chi connectivity index (χ4v) is 4.99. The molecule has 0 unspecified atom stereocenters. The molecule has 0 atom stereocenters. The fourth-order valence-electron chi connectivity index (χ4n) is 3.58. The standard InChI is InChI=1S/C23H27BrN2O7S/c1-4-32-20(28)13-33-21-16(24)9-15(10-17(21)31-3)11-18-22(29)26(23(30)34-18)12-19(27)25-7-5-14(2)6-8-25/h9-11,14H,4-8,12-13H2,1-3H3/b18-11-. The van der Waals surface area contributed by atoms with Gasteiger partial charge in [0, 0.05) is 13.1 Å². The fraction of sp³-hybridized carbons (Fsp3) is 0.478. The molecule has 3 amide bonds. The third kappa shape index (κ3) is 6.32. The van der Waals surface area contributed by atoms with Crippen molar-refractivity contribution in [2.45, 2.75) is 26.7 Å². The van der Waals surface area contributed by atoms with E-state index < -0.39 is 17.1 Å². The zero-order valence-electron chi connectivity index (χ0n) is 19.3. The summed E-state index contributed by atoms with van der Waals surface area (Å²) in [5, 5.41) is -0.476. The maximum absolute atomic E-state index is 12.9. The molecule has 0 bridgehead atoms. The molecule has 184 valence electrons. The van der Waals surface area contributed by atoms with Crippen LogP contribution in [0.15, 0.2) is 21.5 Å². The first-order valence-electron chi connectivity index (χ1n) is 10.9. The van der Waals surface area contributed by atoms with Gasteiger partial charge in [-0.1, -0.05) is 6.92 Å². The number of halogens is 1. The molecule has 9 nitrogen and oxygen atoms in total. The quantitative estimate of drug-likeness (QED) is 0.354. The predicted octanol–water partition coefficient (Wildman–Crippen LogP) is 3.69. The minimum Gasteiger partial charge on any atom is -0.493 e. The van der Waals surface area contributed by atoms with Crippen LogP contribution < -0.4 is 9.47 Å². The highest BCUT2D eigenvalue weighted by molar-refractivity contribution is 9.10. The Morgan fingerprint density at radius 2 is 1.94 bits per heavy atom. The highest BCUT2D eigenvalue weighted by Crippen LogP contribution is 2.39. The van der Waals surface area contributed by atoms with Gasteiger partial charge in [0.05, 0.1) is 23.1 Å². The van der Waals surface area contributed by atoms with Crippen LogP contribution >= 0.6 is 27.7 Å². The highest BCUT2D eigenvalue weighted by atomic mass is 79.9. The number of piperidine rings is 1. The lowest BCUT2D eigenvalue weighted by Gasteiger charge is -2.31. The second kappa shape index (κ2) is 11.7. The Kier molecular flexibility index (Phi) is 9.01. The third-order valence-corrected chi connectivity index (χ3v) is 6.99. The van der Waals surface area contributed by atoms with Crippen molar-refractivity contribution in [3.05, 3.63) is 27.1 Å². The normalized spacial score (nSPS) is 17.9. The van der Waals surface area contributed by atoms with Crippen molar-refractivity contribution in [3.63, 3.8) is 0 Å². The van der Waals surface area contributed by atoms with E-state index in [-0.39, 0.29) is 30.6 Å². The van der Waals surface area contributed by atoms with Gasteiger partial charge in [-0.2, -0.15) is 0 Å². The van der Waals surface area contributed by atoms with Gasteiger partial charge in [-0.15, -0.1) is 0 Å². The smallest absolute Gasteiger partial charge is 0.344 e. The average Bonchev–Trinajstić information content (AvgIpc) is 3.05. The van der Waals surface area contributed by atoms with Gasteiger partial charge in [-0.05, 0) is 77.1 Å². The largest absolute Gasteiger partial charge is 0.493 e. The Morgan fingerprint density at radius 3 is 2.59 bits per heavy atom. The molecule has 2 saturated heterocycles. The van der Waals surface area contributed by atoms with Crippen LogP contribution in [0.3, 0.4) is 0 Å². The molecule has 34 heavy (non-hydrogen) atoms. The second-order valence-corrected chi connectivity index (χ2v) is 9.81. The van der Waals surface area contributed by atoms with Crippen LogP contribution in [0.25, 0.3) is 6.08 Å². The number of thioether (sulfide) groups is 1. The summed E-state index contributed by atoms with van der Waals surface area (Å²) in [6, 6.07) is 3.30. The maximum atomic E-state index is 12.9. The number of ether oxygens (including phenoxy) is 3. The molecular weight excluding hydrogens is 528 g/mol. The van der Waals surface area contributed by atoms with E-state index in [9.17, 15) is 19.2 Å². The van der Waals surface area contributed by atoms with Crippen LogP contribution in [0, 0.1) is 5.92 Å². The first-order chi connectivity index (χ1) is 16.2. The number of imide groups is 1. The van der Waals surface area contributed by atoms with E-state index in [0.29, 0.717) is 40.5 Å². The van der Waals surface area contributed by atoms with Crippen molar-refractivity contribution < 1.29 is 33.4 Å². The molecule has 0 saturated carbocycles. The number of carbonyl (C=O) groups is 4. The Hall–Kier alpha value is -2.53. The molecule has 0 aliphatic carbocycles. The molecule has 0 spiro atoms. The molecule has 0 aromatic heterocycles. The Balaban J connectivity index is 1.72. The average molecular weight is 555 g/mol. The van der Waals surface area contributed by atoms with Gasteiger partial charge in [0.15, 0.2) is 18.1 Å². The van der Waals surface area contributed by atoms with Crippen molar-refractivity contribution in [1.29, 1.82) is 0 Å². The molecule has 3 rings (SSSR count). The highest BCUT2D eigenvalue weighted by Gasteiger charge is 2.37. The van der Waals surface area contributed by atoms with Crippen molar-refractivity contribution in [3.8, 4) is 11.5 Å². The summed E-state index contributed by atoms with van der Waals surface area (Å²) in [6.07, 6.45) is 3.40. The molecule has 2 heterocycles. The van der Waals surface area contributed by atoms with E-state index in [0.717, 1.165) is 29.5 Å². The molecule has 0 N–H and O–H groups in total. The molecule has 0 radical (unpaired) electrons. The van der Waals surface area contributed by atoms with Gasteiger partial charge in [0.25, 0.3) is 11.1 Å². The number of nitrogens with zero attached hydrogens (tertiary/aromatic N) is 2. The molecule has 2 fully saturated rings. The molecular formula is C23H27BrN2O7S. The summed E-state index contributed by atoms with van der Waals surface area (Å²) in [7, 11) is 1.45. The van der Waals surface area contributed by atoms with Crippen molar-refractivity contribution in [2.75, 3.05) is 40.0 Å². The summed E-state index contributed by atoms with van der Waals surface area (Å²) in [4.78, 5) is 52.4. The second-order valence-electron chi connectivity index (χ2n) is 7.96. The number of methoxy groups -OCH3 is 1. The zero-order valence-corrected chi connectivity index (χ0v) is 21.7. The van der Waals surface area contributed by atoms with Gasteiger partial charge in [-0.3, -0.25) is 19.3 Å². The summed E-state index contributed by atoms with van der Waals surface area (Å²) >= 11 is 4.18. The zero-order chi connectivity index (χ0) is 24.8. The summed E-state index contributed by atoms with van der Waals surface area (Å²) < 4.78 is 16.2. The van der Waals surface area contributed by atoms with Gasteiger partial charge in [0.1, 0.15) is 6.54 Å². The van der Waals surface area contributed by atoms with Gasteiger partial charge >= 0.3 is 5.97 Å². The van der Waals surface area contributed by atoms with E-state index in [1.54, 1.807) is 30.0 Å². The third-order valence-electron chi connectivity index (χ3n) is 5.49. The van der Waals surface area contributed by atoms with Crippen molar-refractivity contribution in [1.82, 2.24) is 9.80 Å². The minimum absolute atomic E-state index is 0.208. The van der Waals surface area contributed by atoms with E-state index in [1.165, 1.54) is 7.11 Å². The lowest BCUT2D eigenvalue weighted by Crippen LogP contribution is -2.45. The van der Waals surface area contributed by atoms with Crippen LogP contribution in [0.2, 0.25) is 0 Å². The predicted molar refractivity (Wildman–Crippen MR) is 130 cm³/mol. The SMILES string of the molecule is CCOC(=O)COc1c(Br)cc(/C=C2\SC(=O)N(CC(=O)N3CCC(C)CC3)C2=O)cc1OC. The molecule has 2 aliphatic rings. The number of carbonyl (C=O) groups excluding carboxylic acids is 4. The Morgan fingerprint density at radius 1 is 1.24 bits per heavy atom. The van der Waals surface area contributed by atoms with Crippen LogP contribution in [0.1, 0.15) is 32.3 Å². The Labute approximate surface area is 210 Å². The van der Waals surface area contributed by atoms with Crippen LogP contribution in [-0.4, -0.2) is 72.8 Å². The number of benzene rings is 1. The number of likely N-dealkylation sites (tertiary alicyclic amines) is 1. The topological polar surface area (TPSA) is 102 Å².